The summed E-state index contributed by atoms with van der Waals surface area (Å²) >= 11 is 0. The molecule has 5 aromatic carbocycles. The van der Waals surface area contributed by atoms with Crippen molar-refractivity contribution >= 4 is 51.5 Å². The highest BCUT2D eigenvalue weighted by Crippen LogP contribution is 2.60. The van der Waals surface area contributed by atoms with Crippen LogP contribution in [0.2, 0.25) is 36.3 Å². The quantitative estimate of drug-likeness (QED) is 0.0322. The van der Waals surface area contributed by atoms with Crippen LogP contribution in [0.3, 0.4) is 0 Å². The Hall–Kier alpha value is -10.3. The van der Waals surface area contributed by atoms with Gasteiger partial charge in [0.1, 0.15) is 54.6 Å². The molecular weight excluding hydrogens is 1440 g/mol. The van der Waals surface area contributed by atoms with Crippen molar-refractivity contribution in [2.75, 3.05) is 28.2 Å². The number of aliphatic hydroxyl groups excluding tert-OH is 1. The van der Waals surface area contributed by atoms with Crippen molar-refractivity contribution in [3.8, 4) is 29.3 Å². The van der Waals surface area contributed by atoms with Crippen molar-refractivity contribution in [1.82, 2.24) is 30.1 Å². The van der Waals surface area contributed by atoms with Crippen LogP contribution in [0.1, 0.15) is 159 Å². The predicted octanol–water partition coefficient (Wildman–Crippen LogP) is 17.3. The fourth-order valence-electron chi connectivity index (χ4n) is 15.0. The molecule has 0 saturated heterocycles. The summed E-state index contributed by atoms with van der Waals surface area (Å²) in [6.45, 7) is 27.3. The molecule has 4 aromatic heterocycles. The van der Waals surface area contributed by atoms with E-state index in [1.807, 2.05) is 230 Å². The Morgan fingerprint density at radius 2 is 0.937 bits per heavy atom. The van der Waals surface area contributed by atoms with E-state index in [0.717, 1.165) is 44.8 Å². The highest BCUT2D eigenvalue weighted by Gasteiger charge is 2.70. The van der Waals surface area contributed by atoms with E-state index in [2.05, 4.69) is 74.9 Å². The second-order valence-electron chi connectivity index (χ2n) is 32.7. The minimum atomic E-state index is -2.86. The Kier molecular flexibility index (Phi) is 23.3. The number of ether oxygens (including phenoxy) is 5. The van der Waals surface area contributed by atoms with Crippen LogP contribution < -0.4 is 23.7 Å². The molecule has 5 aliphatic rings. The lowest BCUT2D eigenvalue weighted by Crippen LogP contribution is -2.68. The van der Waals surface area contributed by atoms with Crippen LogP contribution in [0.4, 0.5) is 0 Å². The van der Waals surface area contributed by atoms with E-state index >= 15 is 9.59 Å². The monoisotopic (exact) mass is 1540 g/mol. The third kappa shape index (κ3) is 16.0. The normalized spacial score (nSPS) is 20.6. The van der Waals surface area contributed by atoms with Gasteiger partial charge >= 0.3 is 5.97 Å². The first kappa shape index (κ1) is 80.2. The lowest BCUT2D eigenvalue weighted by atomic mass is 9.57. The van der Waals surface area contributed by atoms with Crippen LogP contribution in [0.5, 0.6) is 29.3 Å². The Balaban J connectivity index is 0.000000167. The molecule has 0 bridgehead atoms. The molecule has 7 atom stereocenters. The summed E-state index contributed by atoms with van der Waals surface area (Å²) in [5, 5.41) is 20.1. The lowest BCUT2D eigenvalue weighted by Gasteiger charge is -2.55. The number of aliphatic hydroxyl groups is 1. The summed E-state index contributed by atoms with van der Waals surface area (Å²) in [4.78, 5) is 84.5. The van der Waals surface area contributed by atoms with E-state index < -0.39 is 75.0 Å². The largest absolute Gasteiger partial charge is 0.507 e. The topological polar surface area (TPSA) is 255 Å². The van der Waals surface area contributed by atoms with Gasteiger partial charge < -0.3 is 46.7 Å². The molecule has 580 valence electrons. The molecule has 14 rings (SSSR count). The second-order valence-corrected chi connectivity index (χ2v) is 42.2. The molecule has 23 heteroatoms. The number of aromatic nitrogens is 4. The molecule has 9 aromatic rings. The number of ketones is 4. The van der Waals surface area contributed by atoms with Gasteiger partial charge in [0, 0.05) is 28.8 Å². The van der Waals surface area contributed by atoms with Crippen molar-refractivity contribution in [1.29, 1.82) is 0 Å². The first-order valence-corrected chi connectivity index (χ1v) is 43.4. The number of nitrogens with zero attached hydrogens (tertiary/aromatic N) is 6. The maximum atomic E-state index is 15.6. The molecule has 4 heterocycles. The molecule has 21 nitrogen and oxygen atoms in total. The van der Waals surface area contributed by atoms with Gasteiger partial charge in [-0.2, -0.15) is 0 Å². The van der Waals surface area contributed by atoms with Crippen LogP contribution in [-0.2, 0) is 51.3 Å². The summed E-state index contributed by atoms with van der Waals surface area (Å²) in [6.07, 6.45) is 4.70. The number of pyridine rings is 2. The summed E-state index contributed by atoms with van der Waals surface area (Å²) in [5.74, 6) is -2.00. The number of allylic oxidation sites excluding steroid dienone is 1. The fourth-order valence-corrected chi connectivity index (χ4v) is 17.9. The van der Waals surface area contributed by atoms with Crippen molar-refractivity contribution in [2.45, 2.75) is 168 Å². The van der Waals surface area contributed by atoms with Gasteiger partial charge in [0.05, 0.1) is 17.6 Å². The number of carbonyl (C=O) groups excluding carboxylic acids is 5. The Labute approximate surface area is 651 Å². The van der Waals surface area contributed by atoms with Gasteiger partial charge in [-0.05, 0) is 184 Å². The molecule has 1 fully saturated rings. The Morgan fingerprint density at radius 3 is 1.40 bits per heavy atom. The molecule has 0 amide bonds. The van der Waals surface area contributed by atoms with Gasteiger partial charge in [0.2, 0.25) is 29.1 Å². The maximum absolute atomic E-state index is 15.6. The van der Waals surface area contributed by atoms with Gasteiger partial charge in [0.15, 0.2) is 45.1 Å². The smallest absolute Gasteiger partial charge is 0.349 e. The summed E-state index contributed by atoms with van der Waals surface area (Å²) in [7, 11) is 2.25. The van der Waals surface area contributed by atoms with Crippen LogP contribution in [0.25, 0.3) is 5.76 Å². The number of carbonyl (C=O) groups is 5. The minimum absolute atomic E-state index is 0.0192. The average Bonchev–Trinajstić information content (AvgIpc) is 1.67. The van der Waals surface area contributed by atoms with Gasteiger partial charge in [-0.1, -0.05) is 187 Å². The van der Waals surface area contributed by atoms with Crippen molar-refractivity contribution in [2.24, 2.45) is 17.8 Å². The fraction of sp³-hybridized carbons (Fsp3) is 0.375. The highest BCUT2D eigenvalue weighted by molar-refractivity contribution is 6.75. The number of para-hydroxylation sites is 1. The molecule has 0 aliphatic heterocycles. The SMILES string of the molecule is CN(C)[C@@H]1c2onc(OCc3ccccc3)c2C(=O)[C@@]2(O[Si](C)(C)C(C)(C)C)C(=O)C=CC[C@@H]12.Cc1cc(C)c(C(=O)Oc2ccccc2)c(OCc2ccccc2)n1.Cc1cc2c(c(OCc3ccccc3)n1)C(O)=C1C(=O)[C@]3(O[Si](C)(C)C(C)(C)C)C(=O)c4c(OCc5ccccc5)noc4[C@@H](N(C)C)[C@@H]3C[C@@H]1C2. The van der Waals surface area contributed by atoms with Gasteiger partial charge in [-0.25, -0.2) is 14.8 Å². The van der Waals surface area contributed by atoms with E-state index in [1.54, 1.807) is 12.1 Å². The molecule has 111 heavy (non-hydrogen) atoms. The van der Waals surface area contributed by atoms with Crippen LogP contribution in [-0.4, -0.2) is 120 Å². The molecule has 1 N–H and O–H groups in total. The Bertz CT molecular complexity index is 4970. The molecule has 0 unspecified atom stereocenters. The number of fused-ring (bicyclic) bond motifs is 6. The first-order valence-electron chi connectivity index (χ1n) is 37.6. The average molecular weight is 1540 g/mol. The highest BCUT2D eigenvalue weighted by atomic mass is 28.4. The zero-order valence-corrected chi connectivity index (χ0v) is 68.4. The lowest BCUT2D eigenvalue weighted by molar-refractivity contribution is -0.140. The number of hydrogen-bond donors (Lipinski definition) is 1. The number of esters is 1. The van der Waals surface area contributed by atoms with Crippen molar-refractivity contribution in [3.05, 3.63) is 260 Å². The molecule has 0 spiro atoms. The Morgan fingerprint density at radius 1 is 0.532 bits per heavy atom. The van der Waals surface area contributed by atoms with Gasteiger partial charge in [-0.3, -0.25) is 29.0 Å². The summed E-state index contributed by atoms with van der Waals surface area (Å²) in [5.41, 5.74) is 4.55. The minimum Gasteiger partial charge on any atom is -0.507 e. The van der Waals surface area contributed by atoms with Crippen molar-refractivity contribution in [3.63, 3.8) is 0 Å². The van der Waals surface area contributed by atoms with Crippen LogP contribution >= 0.6 is 0 Å². The maximum Gasteiger partial charge on any atom is 0.349 e. The standard InChI is InChI=1S/C41H47N3O7Si.C26H34N2O5Si.C21H19NO3/c1-24-19-27-20-28-21-29-33(44(5)6)35-32(39(43-50-35)49-23-26-17-13-10-14-18-26)37(47)41(29,51-52(7,8)40(2,3)4)36(46)30(28)34(45)31(27)38(42-24)48-22-25-15-11-9-12-16-25;1-25(2,3)34(6,7)33-26-18(14-11-15-19(26)29)21(28(4)5)22-20(23(26)30)24(27-32-22)31-16-17-12-9-8-10-13-17;1-15-13-16(2)22-20(24-14-17-9-5-3-6-10-17)19(15)21(23)25-18-11-7-4-8-12-18/h9-19,28-29,33,45H,20-23H2,1-8H3;8-13,15,18,21H,14,16H2,1-7H3;3-13H,14H2,1-2H3/t28-,29-,33-,41-;18-,21-,26-;/m00./s1. The summed E-state index contributed by atoms with van der Waals surface area (Å²) < 4.78 is 55.4. The third-order valence-corrected chi connectivity index (χ3v) is 31.3. The van der Waals surface area contributed by atoms with E-state index in [9.17, 15) is 19.5 Å². The number of Topliss-reactive ketones (excluding diaryl/α,β-unsaturated/α-hetero) is 3. The van der Waals surface area contributed by atoms with Gasteiger partial charge in [-0.15, -0.1) is 0 Å². The number of rotatable bonds is 20. The van der Waals surface area contributed by atoms with E-state index in [-0.39, 0.29) is 81.8 Å². The predicted molar refractivity (Wildman–Crippen MR) is 426 cm³/mol. The molecule has 1 saturated carbocycles. The van der Waals surface area contributed by atoms with E-state index in [4.69, 9.17) is 41.6 Å². The van der Waals surface area contributed by atoms with Crippen LogP contribution in [0.15, 0.2) is 191 Å². The zero-order chi connectivity index (χ0) is 79.7. The van der Waals surface area contributed by atoms with E-state index in [1.165, 1.54) is 6.08 Å². The van der Waals surface area contributed by atoms with Crippen molar-refractivity contribution < 1.29 is 70.7 Å². The summed E-state index contributed by atoms with van der Waals surface area (Å²) in [6, 6.07) is 50.5. The second kappa shape index (κ2) is 32.2. The van der Waals surface area contributed by atoms with Gasteiger partial charge in [0.25, 0.3) is 11.8 Å². The number of benzene rings is 5. The van der Waals surface area contributed by atoms with Crippen LogP contribution in [0, 0.1) is 38.5 Å². The van der Waals surface area contributed by atoms with E-state index in [0.29, 0.717) is 60.1 Å². The molecular formula is C88H100N6O15Si2. The number of aryl methyl sites for hydroxylation is 3. The zero-order valence-electron chi connectivity index (χ0n) is 66.4. The first-order chi connectivity index (χ1) is 52.7. The number of hydrogen-bond acceptors (Lipinski definition) is 21. The molecule has 5 aliphatic carbocycles. The molecule has 0 radical (unpaired) electrons. The third-order valence-electron chi connectivity index (χ3n) is 22.5.